The van der Waals surface area contributed by atoms with Crippen molar-refractivity contribution in [1.29, 1.82) is 0 Å². The van der Waals surface area contributed by atoms with E-state index in [9.17, 15) is 9.18 Å². The standard InChI is InChI=1S/C23H30FN3O2/c1-17(2)29-22-9-5-18(6-10-22)15-26-23(28)27(21-11-13-25-14-12-21)16-19-3-7-20(24)8-4-19/h3-10,17,21,25H,11-16H2,1-2H3,(H,26,28). The Bertz CT molecular complexity index is 772. The molecule has 0 unspecified atom stereocenters. The minimum atomic E-state index is -0.267. The van der Waals surface area contributed by atoms with E-state index in [0.717, 1.165) is 42.8 Å². The summed E-state index contributed by atoms with van der Waals surface area (Å²) in [6.45, 7) is 6.70. The van der Waals surface area contributed by atoms with E-state index in [1.54, 1.807) is 12.1 Å². The van der Waals surface area contributed by atoms with Crippen LogP contribution in [0.2, 0.25) is 0 Å². The van der Waals surface area contributed by atoms with Gasteiger partial charge in [0.15, 0.2) is 0 Å². The predicted octanol–water partition coefficient (Wildman–Crippen LogP) is 4.08. The van der Waals surface area contributed by atoms with Gasteiger partial charge in [-0.2, -0.15) is 0 Å². The summed E-state index contributed by atoms with van der Waals surface area (Å²) in [6.07, 6.45) is 1.96. The van der Waals surface area contributed by atoms with Crippen LogP contribution in [0.4, 0.5) is 9.18 Å². The van der Waals surface area contributed by atoms with Crippen LogP contribution in [0.3, 0.4) is 0 Å². The molecule has 2 amide bonds. The van der Waals surface area contributed by atoms with Gasteiger partial charge >= 0.3 is 6.03 Å². The summed E-state index contributed by atoms with van der Waals surface area (Å²) >= 11 is 0. The second kappa shape index (κ2) is 10.3. The number of halogens is 1. The Morgan fingerprint density at radius 3 is 2.34 bits per heavy atom. The van der Waals surface area contributed by atoms with Gasteiger partial charge in [-0.15, -0.1) is 0 Å². The fourth-order valence-electron chi connectivity index (χ4n) is 3.51. The monoisotopic (exact) mass is 399 g/mol. The molecule has 2 aromatic rings. The Morgan fingerprint density at radius 1 is 1.10 bits per heavy atom. The first-order chi connectivity index (χ1) is 14.0. The fourth-order valence-corrected chi connectivity index (χ4v) is 3.51. The van der Waals surface area contributed by atoms with Gasteiger partial charge in [-0.25, -0.2) is 9.18 Å². The Kier molecular flexibility index (Phi) is 7.47. The number of carbonyl (C=O) groups is 1. The normalized spacial score (nSPS) is 14.6. The maximum Gasteiger partial charge on any atom is 0.318 e. The maximum atomic E-state index is 13.2. The number of hydrogen-bond donors (Lipinski definition) is 2. The topological polar surface area (TPSA) is 53.6 Å². The Labute approximate surface area is 172 Å². The lowest BCUT2D eigenvalue weighted by molar-refractivity contribution is 0.154. The highest BCUT2D eigenvalue weighted by Crippen LogP contribution is 2.17. The first-order valence-corrected chi connectivity index (χ1v) is 10.3. The lowest BCUT2D eigenvalue weighted by Gasteiger charge is -2.35. The van der Waals surface area contributed by atoms with E-state index in [0.29, 0.717) is 13.1 Å². The van der Waals surface area contributed by atoms with Crippen molar-refractivity contribution in [1.82, 2.24) is 15.5 Å². The number of benzene rings is 2. The minimum absolute atomic E-state index is 0.0938. The molecule has 1 saturated heterocycles. The highest BCUT2D eigenvalue weighted by Gasteiger charge is 2.25. The Morgan fingerprint density at radius 2 is 1.72 bits per heavy atom. The smallest absolute Gasteiger partial charge is 0.318 e. The Balaban J connectivity index is 1.63. The third-order valence-electron chi connectivity index (χ3n) is 5.02. The molecule has 29 heavy (non-hydrogen) atoms. The molecular weight excluding hydrogens is 369 g/mol. The molecule has 0 aliphatic carbocycles. The molecule has 0 radical (unpaired) electrons. The van der Waals surface area contributed by atoms with Gasteiger partial charge in [-0.3, -0.25) is 0 Å². The van der Waals surface area contributed by atoms with Gasteiger partial charge in [0.2, 0.25) is 0 Å². The van der Waals surface area contributed by atoms with Crippen LogP contribution >= 0.6 is 0 Å². The number of hydrogen-bond acceptors (Lipinski definition) is 3. The van der Waals surface area contributed by atoms with Gasteiger partial charge in [0.05, 0.1) is 6.10 Å². The fraction of sp³-hybridized carbons (Fsp3) is 0.435. The summed E-state index contributed by atoms with van der Waals surface area (Å²) in [5, 5.41) is 6.38. The van der Waals surface area contributed by atoms with Crippen LogP contribution in [0.15, 0.2) is 48.5 Å². The molecule has 1 fully saturated rings. The number of piperidine rings is 1. The van der Waals surface area contributed by atoms with Crippen LogP contribution in [-0.2, 0) is 13.1 Å². The number of ether oxygens (including phenoxy) is 1. The van der Waals surface area contributed by atoms with Crippen molar-refractivity contribution < 1.29 is 13.9 Å². The number of amides is 2. The van der Waals surface area contributed by atoms with Crippen LogP contribution in [0.1, 0.15) is 37.8 Å². The van der Waals surface area contributed by atoms with E-state index in [-0.39, 0.29) is 24.0 Å². The number of nitrogens with zero attached hydrogens (tertiary/aromatic N) is 1. The molecule has 1 aliphatic rings. The first-order valence-electron chi connectivity index (χ1n) is 10.3. The molecule has 2 N–H and O–H groups in total. The molecule has 0 bridgehead atoms. The largest absolute Gasteiger partial charge is 0.491 e. The number of urea groups is 1. The molecule has 5 nitrogen and oxygen atoms in total. The van der Waals surface area contributed by atoms with E-state index in [1.165, 1.54) is 12.1 Å². The minimum Gasteiger partial charge on any atom is -0.491 e. The van der Waals surface area contributed by atoms with E-state index in [2.05, 4.69) is 10.6 Å². The molecular formula is C23H30FN3O2. The molecule has 3 rings (SSSR count). The molecule has 1 heterocycles. The summed E-state index contributed by atoms with van der Waals surface area (Å²) in [5.74, 6) is 0.555. The van der Waals surface area contributed by atoms with Gasteiger partial charge in [0, 0.05) is 19.1 Å². The van der Waals surface area contributed by atoms with Crippen molar-refractivity contribution in [2.75, 3.05) is 13.1 Å². The van der Waals surface area contributed by atoms with Crippen LogP contribution in [-0.4, -0.2) is 36.2 Å². The lowest BCUT2D eigenvalue weighted by Crippen LogP contribution is -2.49. The van der Waals surface area contributed by atoms with Gasteiger partial charge in [-0.1, -0.05) is 24.3 Å². The van der Waals surface area contributed by atoms with Crippen molar-refractivity contribution >= 4 is 6.03 Å². The average Bonchev–Trinajstić information content (AvgIpc) is 2.73. The van der Waals surface area contributed by atoms with Gasteiger partial charge < -0.3 is 20.3 Å². The van der Waals surface area contributed by atoms with E-state index in [4.69, 9.17) is 4.74 Å². The summed E-state index contributed by atoms with van der Waals surface area (Å²) in [7, 11) is 0. The van der Waals surface area contributed by atoms with Crippen LogP contribution < -0.4 is 15.4 Å². The highest BCUT2D eigenvalue weighted by molar-refractivity contribution is 5.74. The first kappa shape index (κ1) is 21.1. The van der Waals surface area contributed by atoms with Crippen molar-refractivity contribution in [2.45, 2.75) is 51.9 Å². The molecule has 0 spiro atoms. The molecule has 0 saturated carbocycles. The van der Waals surface area contributed by atoms with Crippen LogP contribution in [0, 0.1) is 5.82 Å². The van der Waals surface area contributed by atoms with Crippen LogP contribution in [0.25, 0.3) is 0 Å². The molecule has 156 valence electrons. The zero-order chi connectivity index (χ0) is 20.6. The van der Waals surface area contributed by atoms with Gasteiger partial charge in [0.25, 0.3) is 0 Å². The average molecular weight is 400 g/mol. The summed E-state index contributed by atoms with van der Waals surface area (Å²) in [5.41, 5.74) is 1.94. The molecule has 6 heteroatoms. The van der Waals surface area contributed by atoms with Gasteiger partial charge in [0.1, 0.15) is 11.6 Å². The molecule has 1 aliphatic heterocycles. The number of carbonyl (C=O) groups excluding carboxylic acids is 1. The predicted molar refractivity (Wildman–Crippen MR) is 112 cm³/mol. The van der Waals surface area contributed by atoms with E-state index < -0.39 is 0 Å². The quantitative estimate of drug-likeness (QED) is 0.738. The molecule has 0 atom stereocenters. The summed E-state index contributed by atoms with van der Waals surface area (Å²) < 4.78 is 18.9. The number of rotatable bonds is 7. The summed E-state index contributed by atoms with van der Waals surface area (Å²) in [4.78, 5) is 14.9. The number of nitrogens with one attached hydrogen (secondary N) is 2. The third-order valence-corrected chi connectivity index (χ3v) is 5.02. The maximum absolute atomic E-state index is 13.2. The second-order valence-corrected chi connectivity index (χ2v) is 7.70. The van der Waals surface area contributed by atoms with Crippen molar-refractivity contribution in [3.8, 4) is 5.75 Å². The molecule has 2 aromatic carbocycles. The van der Waals surface area contributed by atoms with E-state index in [1.807, 2.05) is 43.0 Å². The van der Waals surface area contributed by atoms with E-state index >= 15 is 0 Å². The van der Waals surface area contributed by atoms with Crippen molar-refractivity contribution in [3.63, 3.8) is 0 Å². The van der Waals surface area contributed by atoms with Crippen LogP contribution in [0.5, 0.6) is 5.75 Å². The second-order valence-electron chi connectivity index (χ2n) is 7.70. The van der Waals surface area contributed by atoms with Gasteiger partial charge in [-0.05, 0) is 75.2 Å². The molecule has 0 aromatic heterocycles. The third kappa shape index (κ3) is 6.46. The zero-order valence-electron chi connectivity index (χ0n) is 17.2. The van der Waals surface area contributed by atoms with Crippen molar-refractivity contribution in [3.05, 3.63) is 65.5 Å². The zero-order valence-corrected chi connectivity index (χ0v) is 17.2. The Hall–Kier alpha value is -2.60. The SMILES string of the molecule is CC(C)Oc1ccc(CNC(=O)N(Cc2ccc(F)cc2)C2CCNCC2)cc1. The van der Waals surface area contributed by atoms with Crippen molar-refractivity contribution in [2.24, 2.45) is 0 Å². The highest BCUT2D eigenvalue weighted by atomic mass is 19.1. The summed E-state index contributed by atoms with van der Waals surface area (Å²) in [6, 6.07) is 14.2. The lowest BCUT2D eigenvalue weighted by atomic mass is 10.0.